The molecule has 1 atom stereocenters. The van der Waals surface area contributed by atoms with Crippen LogP contribution in [0.25, 0.3) is 0 Å². The van der Waals surface area contributed by atoms with Gasteiger partial charge < -0.3 is 10.0 Å². The van der Waals surface area contributed by atoms with Crippen molar-refractivity contribution in [2.24, 2.45) is 0 Å². The van der Waals surface area contributed by atoms with E-state index in [-0.39, 0.29) is 0 Å². The van der Waals surface area contributed by atoms with E-state index in [0.717, 1.165) is 5.56 Å². The average Bonchev–Trinajstić information content (AvgIpc) is 3.13. The Morgan fingerprint density at radius 2 is 2.06 bits per heavy atom. The number of hydrogen-bond donors (Lipinski definition) is 1. The number of nitrogens with zero attached hydrogens (tertiary/aromatic N) is 2. The summed E-state index contributed by atoms with van der Waals surface area (Å²) >= 11 is 0. The Labute approximate surface area is 95.9 Å². The molecule has 1 fully saturated rings. The van der Waals surface area contributed by atoms with E-state index in [0.29, 0.717) is 18.2 Å². The summed E-state index contributed by atoms with van der Waals surface area (Å²) in [6.45, 7) is 0.663. The van der Waals surface area contributed by atoms with Crippen LogP contribution in [0.2, 0.25) is 0 Å². The second-order valence-electron chi connectivity index (χ2n) is 4.42. The molecule has 0 spiro atoms. The minimum atomic E-state index is -0.460. The van der Waals surface area contributed by atoms with Crippen molar-refractivity contribution < 1.29 is 5.11 Å². The summed E-state index contributed by atoms with van der Waals surface area (Å²) in [5.74, 6) is 0. The molecular formula is C13H16N2O. The molecule has 1 aromatic rings. The van der Waals surface area contributed by atoms with Crippen molar-refractivity contribution in [1.29, 1.82) is 5.26 Å². The molecule has 1 N–H and O–H groups in total. The first-order valence-electron chi connectivity index (χ1n) is 5.59. The zero-order chi connectivity index (χ0) is 11.5. The quantitative estimate of drug-likeness (QED) is 0.833. The van der Waals surface area contributed by atoms with Gasteiger partial charge >= 0.3 is 0 Å². The van der Waals surface area contributed by atoms with Gasteiger partial charge in [0.05, 0.1) is 17.7 Å². The number of hydrogen-bond acceptors (Lipinski definition) is 3. The molecule has 0 aliphatic heterocycles. The summed E-state index contributed by atoms with van der Waals surface area (Å²) in [6.07, 6.45) is 2.03. The lowest BCUT2D eigenvalue weighted by molar-refractivity contribution is 0.123. The Kier molecular flexibility index (Phi) is 3.23. The van der Waals surface area contributed by atoms with Gasteiger partial charge in [-0.15, -0.1) is 0 Å². The van der Waals surface area contributed by atoms with E-state index in [9.17, 15) is 5.11 Å². The van der Waals surface area contributed by atoms with Gasteiger partial charge in [-0.1, -0.05) is 12.1 Å². The summed E-state index contributed by atoms with van der Waals surface area (Å²) in [5.41, 5.74) is 1.51. The number of rotatable bonds is 4. The van der Waals surface area contributed by atoms with Crippen LogP contribution in [0.1, 0.15) is 30.1 Å². The predicted molar refractivity (Wildman–Crippen MR) is 61.8 cm³/mol. The number of aliphatic hydroxyl groups excluding tert-OH is 1. The molecule has 0 amide bonds. The van der Waals surface area contributed by atoms with Crippen LogP contribution in [0.15, 0.2) is 24.3 Å². The van der Waals surface area contributed by atoms with Gasteiger partial charge in [0, 0.05) is 12.6 Å². The summed E-state index contributed by atoms with van der Waals surface area (Å²) in [4.78, 5) is 2.20. The summed E-state index contributed by atoms with van der Waals surface area (Å²) in [7, 11) is 2.05. The maximum absolute atomic E-state index is 10.0. The Hall–Kier alpha value is -1.37. The van der Waals surface area contributed by atoms with E-state index >= 15 is 0 Å². The molecule has 1 saturated carbocycles. The van der Waals surface area contributed by atoms with Crippen molar-refractivity contribution >= 4 is 0 Å². The fraction of sp³-hybridized carbons (Fsp3) is 0.462. The lowest BCUT2D eigenvalue weighted by Crippen LogP contribution is -2.26. The van der Waals surface area contributed by atoms with Gasteiger partial charge in [-0.05, 0) is 37.6 Å². The summed E-state index contributed by atoms with van der Waals surface area (Å²) in [5, 5.41) is 18.7. The normalized spacial score (nSPS) is 17.1. The highest BCUT2D eigenvalue weighted by Crippen LogP contribution is 2.27. The fourth-order valence-electron chi connectivity index (χ4n) is 1.82. The molecule has 0 heterocycles. The highest BCUT2D eigenvalue weighted by molar-refractivity contribution is 5.32. The molecule has 0 aromatic heterocycles. The Balaban J connectivity index is 1.97. The van der Waals surface area contributed by atoms with E-state index < -0.39 is 6.10 Å². The topological polar surface area (TPSA) is 47.3 Å². The minimum absolute atomic E-state index is 0.460. The molecule has 3 nitrogen and oxygen atoms in total. The zero-order valence-corrected chi connectivity index (χ0v) is 9.43. The molecule has 1 unspecified atom stereocenters. The highest BCUT2D eigenvalue weighted by atomic mass is 16.3. The molecule has 0 bridgehead atoms. The van der Waals surface area contributed by atoms with E-state index in [1.54, 1.807) is 12.1 Å². The third kappa shape index (κ3) is 2.60. The standard InChI is InChI=1S/C13H16N2O/c1-15(12-6-7-12)9-13(16)11-4-2-10(8-14)3-5-11/h2-5,12-13,16H,6-7,9H2,1H3. The maximum Gasteiger partial charge on any atom is 0.0991 e. The molecule has 0 radical (unpaired) electrons. The van der Waals surface area contributed by atoms with Crippen LogP contribution in [-0.2, 0) is 0 Å². The third-order valence-corrected chi connectivity index (χ3v) is 3.06. The third-order valence-electron chi connectivity index (χ3n) is 3.06. The second-order valence-corrected chi connectivity index (χ2v) is 4.42. The number of nitriles is 1. The van der Waals surface area contributed by atoms with Crippen LogP contribution in [0.4, 0.5) is 0 Å². The molecular weight excluding hydrogens is 200 g/mol. The molecule has 0 saturated heterocycles. The van der Waals surface area contributed by atoms with Crippen molar-refractivity contribution in [3.8, 4) is 6.07 Å². The van der Waals surface area contributed by atoms with Crippen molar-refractivity contribution in [3.05, 3.63) is 35.4 Å². The first kappa shape index (κ1) is 11.1. The maximum atomic E-state index is 10.0. The molecule has 1 aromatic carbocycles. The van der Waals surface area contributed by atoms with E-state index in [2.05, 4.69) is 11.0 Å². The van der Waals surface area contributed by atoms with Crippen molar-refractivity contribution in [2.45, 2.75) is 25.0 Å². The average molecular weight is 216 g/mol. The number of likely N-dealkylation sites (N-methyl/N-ethyl adjacent to an activating group) is 1. The van der Waals surface area contributed by atoms with E-state index in [1.807, 2.05) is 19.2 Å². The van der Waals surface area contributed by atoms with Gasteiger partial charge in [0.1, 0.15) is 0 Å². The Bertz CT molecular complexity index is 389. The Morgan fingerprint density at radius 3 is 2.56 bits per heavy atom. The number of aliphatic hydroxyl groups is 1. The van der Waals surface area contributed by atoms with Crippen LogP contribution in [0, 0.1) is 11.3 Å². The second kappa shape index (κ2) is 4.65. The molecule has 3 heteroatoms. The van der Waals surface area contributed by atoms with Crippen molar-refractivity contribution in [2.75, 3.05) is 13.6 Å². The van der Waals surface area contributed by atoms with Crippen LogP contribution in [-0.4, -0.2) is 29.6 Å². The van der Waals surface area contributed by atoms with Gasteiger partial charge in [0.15, 0.2) is 0 Å². The summed E-state index contributed by atoms with van der Waals surface area (Å²) in [6, 6.07) is 9.87. The monoisotopic (exact) mass is 216 g/mol. The molecule has 84 valence electrons. The fourth-order valence-corrected chi connectivity index (χ4v) is 1.82. The van der Waals surface area contributed by atoms with Crippen LogP contribution < -0.4 is 0 Å². The smallest absolute Gasteiger partial charge is 0.0991 e. The number of benzene rings is 1. The molecule has 2 rings (SSSR count). The first-order valence-corrected chi connectivity index (χ1v) is 5.59. The van der Waals surface area contributed by atoms with E-state index in [1.165, 1.54) is 12.8 Å². The van der Waals surface area contributed by atoms with Crippen LogP contribution in [0.5, 0.6) is 0 Å². The minimum Gasteiger partial charge on any atom is -0.387 e. The first-order chi connectivity index (χ1) is 7.70. The summed E-state index contributed by atoms with van der Waals surface area (Å²) < 4.78 is 0. The van der Waals surface area contributed by atoms with Crippen LogP contribution in [0.3, 0.4) is 0 Å². The molecule has 16 heavy (non-hydrogen) atoms. The van der Waals surface area contributed by atoms with Crippen molar-refractivity contribution in [1.82, 2.24) is 4.90 Å². The largest absolute Gasteiger partial charge is 0.387 e. The van der Waals surface area contributed by atoms with Crippen molar-refractivity contribution in [3.63, 3.8) is 0 Å². The lowest BCUT2D eigenvalue weighted by atomic mass is 10.1. The lowest BCUT2D eigenvalue weighted by Gasteiger charge is -2.20. The van der Waals surface area contributed by atoms with Gasteiger partial charge in [-0.25, -0.2) is 0 Å². The zero-order valence-electron chi connectivity index (χ0n) is 9.43. The molecule has 1 aliphatic carbocycles. The molecule has 1 aliphatic rings. The van der Waals surface area contributed by atoms with E-state index in [4.69, 9.17) is 5.26 Å². The van der Waals surface area contributed by atoms with Gasteiger partial charge in [0.25, 0.3) is 0 Å². The Morgan fingerprint density at radius 1 is 1.44 bits per heavy atom. The predicted octanol–water partition coefficient (Wildman–Crippen LogP) is 1.69. The van der Waals surface area contributed by atoms with Gasteiger partial charge in [-0.3, -0.25) is 0 Å². The SMILES string of the molecule is CN(CC(O)c1ccc(C#N)cc1)C1CC1. The van der Waals surface area contributed by atoms with Gasteiger partial charge in [0.2, 0.25) is 0 Å². The highest BCUT2D eigenvalue weighted by Gasteiger charge is 2.27. The van der Waals surface area contributed by atoms with Crippen LogP contribution >= 0.6 is 0 Å². The van der Waals surface area contributed by atoms with Gasteiger partial charge in [-0.2, -0.15) is 5.26 Å².